The fourth-order valence-corrected chi connectivity index (χ4v) is 7.23. The fourth-order valence-electron chi connectivity index (χ4n) is 4.95. The second-order valence-electron chi connectivity index (χ2n) is 10.5. The zero-order valence-electron chi connectivity index (χ0n) is 26.3. The van der Waals surface area contributed by atoms with Crippen LogP contribution in [0.2, 0.25) is 0 Å². The van der Waals surface area contributed by atoms with Gasteiger partial charge in [0.25, 0.3) is 0 Å². The Bertz CT molecular complexity index is 1610. The summed E-state index contributed by atoms with van der Waals surface area (Å²) < 4.78 is 43.7. The molecule has 240 valence electrons. The summed E-state index contributed by atoms with van der Waals surface area (Å²) in [4.78, 5) is 8.42. The van der Waals surface area contributed by atoms with E-state index in [-0.39, 0.29) is 19.8 Å². The third-order valence-corrected chi connectivity index (χ3v) is 10.1. The number of aryl methyl sites for hydroxylation is 1. The molecule has 0 bridgehead atoms. The number of para-hydroxylation sites is 1. The number of anilines is 1. The standard InChI is InChI=1S/C33H41N4O6PS/c1-5-42-44(38,43-6-2)20-17-27-22-37(28-13-9-7-10-14-28)35-32(27)41-23-26-15-16-30(31(21-26)39-4)40-24-29-25(3)45-33(34-29)36-18-11-8-12-19-36/h7,9-10,13-17,20-22H,5-6,8,11-12,18-19,23-24H2,1-4H3/b20-17+. The van der Waals surface area contributed by atoms with Crippen LogP contribution in [0.4, 0.5) is 5.13 Å². The maximum atomic E-state index is 13.1. The molecule has 0 radical (unpaired) electrons. The Morgan fingerprint density at radius 2 is 1.71 bits per heavy atom. The number of thiazole rings is 1. The first kappa shape index (κ1) is 32.8. The van der Waals surface area contributed by atoms with E-state index in [0.29, 0.717) is 29.5 Å². The number of hydrogen-bond donors (Lipinski definition) is 0. The average molecular weight is 653 g/mol. The topological polar surface area (TPSA) is 97.2 Å². The highest BCUT2D eigenvalue weighted by molar-refractivity contribution is 7.57. The highest BCUT2D eigenvalue weighted by Gasteiger charge is 2.21. The number of nitrogens with zero attached hydrogens (tertiary/aromatic N) is 4. The van der Waals surface area contributed by atoms with Crippen molar-refractivity contribution in [2.24, 2.45) is 0 Å². The van der Waals surface area contributed by atoms with Gasteiger partial charge in [0.15, 0.2) is 16.6 Å². The van der Waals surface area contributed by atoms with E-state index < -0.39 is 7.60 Å². The Kier molecular flexibility index (Phi) is 11.3. The van der Waals surface area contributed by atoms with Crippen LogP contribution >= 0.6 is 18.9 Å². The average Bonchev–Trinajstić information content (AvgIpc) is 3.66. The van der Waals surface area contributed by atoms with Gasteiger partial charge in [0.1, 0.15) is 13.2 Å². The van der Waals surface area contributed by atoms with Crippen LogP contribution in [0.5, 0.6) is 17.4 Å². The van der Waals surface area contributed by atoms with Gasteiger partial charge in [-0.25, -0.2) is 9.67 Å². The molecule has 1 aliphatic heterocycles. The number of aromatic nitrogens is 3. The van der Waals surface area contributed by atoms with Gasteiger partial charge in [-0.1, -0.05) is 24.3 Å². The third-order valence-electron chi connectivity index (χ3n) is 7.26. The molecule has 0 unspecified atom stereocenters. The third kappa shape index (κ3) is 8.55. The lowest BCUT2D eigenvalue weighted by Gasteiger charge is -2.25. The van der Waals surface area contributed by atoms with Gasteiger partial charge in [0, 0.05) is 30.0 Å². The van der Waals surface area contributed by atoms with Crippen molar-refractivity contribution in [1.82, 2.24) is 14.8 Å². The van der Waals surface area contributed by atoms with Crippen molar-refractivity contribution < 1.29 is 27.8 Å². The lowest BCUT2D eigenvalue weighted by Crippen LogP contribution is -2.29. The highest BCUT2D eigenvalue weighted by Crippen LogP contribution is 2.50. The Balaban J connectivity index is 1.29. The summed E-state index contributed by atoms with van der Waals surface area (Å²) in [5.74, 6) is 3.06. The van der Waals surface area contributed by atoms with Gasteiger partial charge in [0.05, 0.1) is 37.3 Å². The van der Waals surface area contributed by atoms with Crippen molar-refractivity contribution in [3.63, 3.8) is 0 Å². The Hall–Kier alpha value is -3.63. The first-order valence-electron chi connectivity index (χ1n) is 15.3. The second-order valence-corrected chi connectivity index (χ2v) is 13.5. The van der Waals surface area contributed by atoms with Crippen LogP contribution in [0.25, 0.3) is 11.8 Å². The maximum absolute atomic E-state index is 13.1. The van der Waals surface area contributed by atoms with Gasteiger partial charge in [-0.3, -0.25) is 4.57 Å². The molecule has 2 aromatic heterocycles. The zero-order valence-corrected chi connectivity index (χ0v) is 28.0. The van der Waals surface area contributed by atoms with Crippen molar-refractivity contribution >= 4 is 30.1 Å². The Morgan fingerprint density at radius 1 is 0.956 bits per heavy atom. The van der Waals surface area contributed by atoms with E-state index in [4.69, 9.17) is 28.2 Å². The van der Waals surface area contributed by atoms with Gasteiger partial charge in [0.2, 0.25) is 5.88 Å². The van der Waals surface area contributed by atoms with Crippen molar-refractivity contribution in [1.29, 1.82) is 0 Å². The van der Waals surface area contributed by atoms with Crippen LogP contribution < -0.4 is 19.1 Å². The first-order valence-corrected chi connectivity index (χ1v) is 17.7. The van der Waals surface area contributed by atoms with E-state index in [1.807, 2.05) is 54.7 Å². The van der Waals surface area contributed by atoms with Gasteiger partial charge in [-0.15, -0.1) is 16.4 Å². The van der Waals surface area contributed by atoms with E-state index in [2.05, 4.69) is 16.9 Å². The molecular formula is C33H41N4O6PS. The molecule has 5 rings (SSSR count). The summed E-state index contributed by atoms with van der Waals surface area (Å²) in [5, 5.41) is 5.74. The van der Waals surface area contributed by atoms with Crippen LogP contribution in [-0.4, -0.2) is 48.2 Å². The van der Waals surface area contributed by atoms with E-state index >= 15 is 0 Å². The molecule has 0 atom stereocenters. The van der Waals surface area contributed by atoms with Crippen LogP contribution in [-0.2, 0) is 26.8 Å². The molecule has 1 saturated heterocycles. The summed E-state index contributed by atoms with van der Waals surface area (Å²) in [6, 6.07) is 15.4. The maximum Gasteiger partial charge on any atom is 0.354 e. The first-order chi connectivity index (χ1) is 21.9. The monoisotopic (exact) mass is 652 g/mol. The lowest BCUT2D eigenvalue weighted by atomic mass is 10.1. The number of ether oxygens (including phenoxy) is 3. The molecule has 1 fully saturated rings. The molecule has 0 N–H and O–H groups in total. The number of hydrogen-bond acceptors (Lipinski definition) is 10. The minimum absolute atomic E-state index is 0.224. The van der Waals surface area contributed by atoms with Crippen LogP contribution in [0.1, 0.15) is 54.8 Å². The normalized spacial score (nSPS) is 13.8. The minimum Gasteiger partial charge on any atom is -0.493 e. The van der Waals surface area contributed by atoms with E-state index in [1.54, 1.807) is 43.1 Å². The fraction of sp³-hybridized carbons (Fsp3) is 0.394. The van der Waals surface area contributed by atoms with E-state index in [0.717, 1.165) is 35.2 Å². The van der Waals surface area contributed by atoms with Crippen LogP contribution in [0, 0.1) is 6.92 Å². The summed E-state index contributed by atoms with van der Waals surface area (Å²) in [6.45, 7) is 8.89. The number of rotatable bonds is 15. The highest BCUT2D eigenvalue weighted by atomic mass is 32.1. The van der Waals surface area contributed by atoms with Gasteiger partial charge in [-0.05, 0) is 75.9 Å². The van der Waals surface area contributed by atoms with Crippen LogP contribution in [0.15, 0.2) is 60.5 Å². The molecular weight excluding hydrogens is 611 g/mol. The van der Waals surface area contributed by atoms with E-state index in [9.17, 15) is 4.57 Å². The van der Waals surface area contributed by atoms with E-state index in [1.165, 1.54) is 30.0 Å². The van der Waals surface area contributed by atoms with Crippen molar-refractivity contribution in [2.75, 3.05) is 38.3 Å². The number of piperidine rings is 1. The van der Waals surface area contributed by atoms with Crippen LogP contribution in [0.3, 0.4) is 0 Å². The molecule has 2 aromatic carbocycles. The zero-order chi connectivity index (χ0) is 31.6. The lowest BCUT2D eigenvalue weighted by molar-refractivity contribution is 0.229. The largest absolute Gasteiger partial charge is 0.493 e. The number of benzene rings is 2. The van der Waals surface area contributed by atoms with Gasteiger partial charge >= 0.3 is 7.60 Å². The summed E-state index contributed by atoms with van der Waals surface area (Å²) in [7, 11) is -1.79. The molecule has 0 spiro atoms. The molecule has 0 aliphatic carbocycles. The molecule has 4 aromatic rings. The van der Waals surface area contributed by atoms with Crippen molar-refractivity contribution in [2.45, 2.75) is 53.2 Å². The van der Waals surface area contributed by atoms with Crippen molar-refractivity contribution in [3.8, 4) is 23.1 Å². The quantitative estimate of drug-likeness (QED) is 0.118. The molecule has 3 heterocycles. The van der Waals surface area contributed by atoms with Gasteiger partial charge < -0.3 is 28.2 Å². The Labute approximate surface area is 269 Å². The predicted molar refractivity (Wildman–Crippen MR) is 178 cm³/mol. The molecule has 0 amide bonds. The Morgan fingerprint density at radius 3 is 2.42 bits per heavy atom. The minimum atomic E-state index is -3.41. The second kappa shape index (κ2) is 15.6. The summed E-state index contributed by atoms with van der Waals surface area (Å²) >= 11 is 1.73. The molecule has 0 saturated carbocycles. The predicted octanol–water partition coefficient (Wildman–Crippen LogP) is 8.03. The van der Waals surface area contributed by atoms with Gasteiger partial charge in [-0.2, -0.15) is 0 Å². The molecule has 1 aliphatic rings. The SMILES string of the molecule is CCOP(=O)(/C=C/c1cn(-c2ccccc2)nc1OCc1ccc(OCc2nc(N3CCCCC3)sc2C)c(OC)c1)OCC. The molecule has 12 heteroatoms. The number of methoxy groups -OCH3 is 1. The molecule has 45 heavy (non-hydrogen) atoms. The smallest absolute Gasteiger partial charge is 0.354 e. The summed E-state index contributed by atoms with van der Waals surface area (Å²) in [6.07, 6.45) is 7.21. The summed E-state index contributed by atoms with van der Waals surface area (Å²) in [5.41, 5.74) is 3.31. The molecule has 10 nitrogen and oxygen atoms in total. The van der Waals surface area contributed by atoms with Crippen molar-refractivity contribution in [3.05, 3.63) is 82.2 Å².